The zero-order valence-electron chi connectivity index (χ0n) is 8.43. The first-order valence-electron chi connectivity index (χ1n) is 4.27. The minimum Gasteiger partial charge on any atom is -0.365 e. The quantitative estimate of drug-likeness (QED) is 0.774. The van der Waals surface area contributed by atoms with Gasteiger partial charge in [0.1, 0.15) is 11.9 Å². The molecule has 1 aromatic heterocycles. The van der Waals surface area contributed by atoms with E-state index in [0.29, 0.717) is 10.8 Å². The summed E-state index contributed by atoms with van der Waals surface area (Å²) in [5.41, 5.74) is 0.175. The van der Waals surface area contributed by atoms with Crippen LogP contribution in [0.4, 0.5) is 5.82 Å². The van der Waals surface area contributed by atoms with Crippen LogP contribution < -0.4 is 5.32 Å². The molecule has 0 aliphatic heterocycles. The molecule has 1 rings (SSSR count). The Morgan fingerprint density at radius 1 is 1.43 bits per heavy atom. The highest BCUT2D eigenvalue weighted by molar-refractivity contribution is 6.31. The lowest BCUT2D eigenvalue weighted by Crippen LogP contribution is -2.26. The van der Waals surface area contributed by atoms with Crippen LogP contribution in [0, 0.1) is 11.3 Å². The maximum absolute atomic E-state index is 8.72. The van der Waals surface area contributed by atoms with Crippen LogP contribution in [0.3, 0.4) is 0 Å². The lowest BCUT2D eigenvalue weighted by atomic mass is 10.1. The summed E-state index contributed by atoms with van der Waals surface area (Å²) in [6, 6.07) is 5.36. The SMILES string of the molecule is CC(C)(C)Nc1ccc(Cl)c(C#N)n1. The van der Waals surface area contributed by atoms with Gasteiger partial charge in [0, 0.05) is 5.54 Å². The van der Waals surface area contributed by atoms with Crippen LogP contribution in [0.2, 0.25) is 5.02 Å². The Hall–Kier alpha value is -1.27. The van der Waals surface area contributed by atoms with E-state index in [1.54, 1.807) is 12.1 Å². The predicted molar refractivity (Wildman–Crippen MR) is 57.3 cm³/mol. The molecule has 0 fully saturated rings. The Balaban J connectivity index is 2.97. The Labute approximate surface area is 88.7 Å². The van der Waals surface area contributed by atoms with Gasteiger partial charge in [-0.05, 0) is 32.9 Å². The Kier molecular flexibility index (Phi) is 2.97. The first kappa shape index (κ1) is 10.8. The van der Waals surface area contributed by atoms with E-state index in [9.17, 15) is 0 Å². The normalized spacial score (nSPS) is 10.8. The molecule has 3 nitrogen and oxygen atoms in total. The molecule has 0 amide bonds. The van der Waals surface area contributed by atoms with Crippen LogP contribution in [0.25, 0.3) is 0 Å². The summed E-state index contributed by atoms with van der Waals surface area (Å²) >= 11 is 5.75. The molecule has 0 atom stereocenters. The van der Waals surface area contributed by atoms with Crippen LogP contribution in [-0.4, -0.2) is 10.5 Å². The van der Waals surface area contributed by atoms with E-state index >= 15 is 0 Å². The zero-order chi connectivity index (χ0) is 10.8. The largest absolute Gasteiger partial charge is 0.365 e. The van der Waals surface area contributed by atoms with Crippen molar-refractivity contribution in [2.45, 2.75) is 26.3 Å². The zero-order valence-corrected chi connectivity index (χ0v) is 9.18. The topological polar surface area (TPSA) is 48.7 Å². The second kappa shape index (κ2) is 3.85. The fourth-order valence-corrected chi connectivity index (χ4v) is 1.12. The summed E-state index contributed by atoms with van der Waals surface area (Å²) in [4.78, 5) is 4.07. The second-order valence-corrected chi connectivity index (χ2v) is 4.42. The van der Waals surface area contributed by atoms with Crippen molar-refractivity contribution in [3.05, 3.63) is 22.8 Å². The highest BCUT2D eigenvalue weighted by Crippen LogP contribution is 2.18. The van der Waals surface area contributed by atoms with Crippen molar-refractivity contribution in [1.29, 1.82) is 5.26 Å². The van der Waals surface area contributed by atoms with Gasteiger partial charge in [0.05, 0.1) is 5.02 Å². The van der Waals surface area contributed by atoms with E-state index in [4.69, 9.17) is 16.9 Å². The third kappa shape index (κ3) is 2.90. The number of nitrogens with zero attached hydrogens (tertiary/aromatic N) is 2. The van der Waals surface area contributed by atoms with Crippen molar-refractivity contribution in [2.75, 3.05) is 5.32 Å². The number of aromatic nitrogens is 1. The van der Waals surface area contributed by atoms with Crippen LogP contribution in [-0.2, 0) is 0 Å². The molecule has 0 radical (unpaired) electrons. The summed E-state index contributed by atoms with van der Waals surface area (Å²) in [5.74, 6) is 0.665. The van der Waals surface area contributed by atoms with Gasteiger partial charge in [-0.25, -0.2) is 4.98 Å². The second-order valence-electron chi connectivity index (χ2n) is 4.01. The molecule has 1 N–H and O–H groups in total. The van der Waals surface area contributed by atoms with E-state index < -0.39 is 0 Å². The summed E-state index contributed by atoms with van der Waals surface area (Å²) in [5, 5.41) is 12.3. The predicted octanol–water partition coefficient (Wildman–Crippen LogP) is 2.82. The van der Waals surface area contributed by atoms with E-state index in [1.165, 1.54) is 0 Å². The number of hydrogen-bond donors (Lipinski definition) is 1. The number of nitrogens with one attached hydrogen (secondary N) is 1. The number of anilines is 1. The van der Waals surface area contributed by atoms with E-state index in [0.717, 1.165) is 0 Å². The molecule has 0 saturated heterocycles. The van der Waals surface area contributed by atoms with Crippen molar-refractivity contribution in [2.24, 2.45) is 0 Å². The fourth-order valence-electron chi connectivity index (χ4n) is 0.974. The van der Waals surface area contributed by atoms with Gasteiger partial charge in [0.15, 0.2) is 5.69 Å². The maximum atomic E-state index is 8.72. The summed E-state index contributed by atoms with van der Waals surface area (Å²) in [7, 11) is 0. The Morgan fingerprint density at radius 3 is 2.57 bits per heavy atom. The summed E-state index contributed by atoms with van der Waals surface area (Å²) in [6.45, 7) is 6.07. The fraction of sp³-hybridized carbons (Fsp3) is 0.400. The van der Waals surface area contributed by atoms with Gasteiger partial charge in [-0.2, -0.15) is 5.26 Å². The Bertz CT molecular complexity index is 374. The molecular weight excluding hydrogens is 198 g/mol. The van der Waals surface area contributed by atoms with Crippen LogP contribution in [0.5, 0.6) is 0 Å². The van der Waals surface area contributed by atoms with Gasteiger partial charge in [-0.3, -0.25) is 0 Å². The smallest absolute Gasteiger partial charge is 0.161 e. The van der Waals surface area contributed by atoms with Crippen LogP contribution in [0.15, 0.2) is 12.1 Å². The van der Waals surface area contributed by atoms with Crippen LogP contribution in [0.1, 0.15) is 26.5 Å². The molecule has 0 unspecified atom stereocenters. The average molecular weight is 210 g/mol. The highest BCUT2D eigenvalue weighted by Gasteiger charge is 2.11. The van der Waals surface area contributed by atoms with E-state index in [2.05, 4.69) is 10.3 Å². The number of nitriles is 1. The molecule has 4 heteroatoms. The standard InChI is InChI=1S/C10H12ClN3/c1-10(2,3)14-9-5-4-7(11)8(6-12)13-9/h4-5H,1-3H3,(H,13,14). The first-order chi connectivity index (χ1) is 6.42. The van der Waals surface area contributed by atoms with Crippen molar-refractivity contribution in [3.8, 4) is 6.07 Å². The third-order valence-electron chi connectivity index (χ3n) is 1.45. The van der Waals surface area contributed by atoms with Crippen molar-refractivity contribution < 1.29 is 0 Å². The van der Waals surface area contributed by atoms with Crippen molar-refractivity contribution in [1.82, 2.24) is 4.98 Å². The van der Waals surface area contributed by atoms with E-state index in [-0.39, 0.29) is 11.2 Å². The molecule has 1 aromatic rings. The molecule has 14 heavy (non-hydrogen) atoms. The first-order valence-corrected chi connectivity index (χ1v) is 4.65. The Morgan fingerprint density at radius 2 is 2.07 bits per heavy atom. The monoisotopic (exact) mass is 209 g/mol. The number of hydrogen-bond acceptors (Lipinski definition) is 3. The molecule has 1 heterocycles. The van der Waals surface area contributed by atoms with Gasteiger partial charge < -0.3 is 5.32 Å². The van der Waals surface area contributed by atoms with Crippen molar-refractivity contribution >= 4 is 17.4 Å². The molecule has 74 valence electrons. The average Bonchev–Trinajstić information content (AvgIpc) is 2.06. The van der Waals surface area contributed by atoms with Crippen LogP contribution >= 0.6 is 11.6 Å². The molecule has 0 bridgehead atoms. The lowest BCUT2D eigenvalue weighted by Gasteiger charge is -2.21. The lowest BCUT2D eigenvalue weighted by molar-refractivity contribution is 0.630. The van der Waals surface area contributed by atoms with Gasteiger partial charge in [0.2, 0.25) is 0 Å². The number of halogens is 1. The molecule has 0 aromatic carbocycles. The minimum absolute atomic E-state index is 0.0758. The van der Waals surface area contributed by atoms with Gasteiger partial charge in [0.25, 0.3) is 0 Å². The summed E-state index contributed by atoms with van der Waals surface area (Å²) in [6.07, 6.45) is 0. The molecule has 0 saturated carbocycles. The molecule has 0 spiro atoms. The number of pyridine rings is 1. The minimum atomic E-state index is -0.0758. The van der Waals surface area contributed by atoms with E-state index in [1.807, 2.05) is 26.8 Å². The molecule has 0 aliphatic carbocycles. The van der Waals surface area contributed by atoms with Gasteiger partial charge >= 0.3 is 0 Å². The highest BCUT2D eigenvalue weighted by atomic mass is 35.5. The summed E-state index contributed by atoms with van der Waals surface area (Å²) < 4.78 is 0. The number of rotatable bonds is 1. The van der Waals surface area contributed by atoms with Gasteiger partial charge in [-0.15, -0.1) is 0 Å². The molecule has 0 aliphatic rings. The third-order valence-corrected chi connectivity index (χ3v) is 1.76. The van der Waals surface area contributed by atoms with Crippen molar-refractivity contribution in [3.63, 3.8) is 0 Å². The van der Waals surface area contributed by atoms with Gasteiger partial charge in [-0.1, -0.05) is 11.6 Å². The maximum Gasteiger partial charge on any atom is 0.161 e. The molecular formula is C10H12ClN3.